The largest absolute Gasteiger partial charge is 0.442 e. The molecule has 3 atom stereocenters. The molecule has 1 aromatic rings. The van der Waals surface area contributed by atoms with E-state index in [9.17, 15) is 14.0 Å². The van der Waals surface area contributed by atoms with Gasteiger partial charge in [-0.15, -0.1) is 0 Å². The van der Waals surface area contributed by atoms with Crippen LogP contribution in [0.25, 0.3) is 0 Å². The predicted molar refractivity (Wildman–Crippen MR) is 108 cm³/mol. The fourth-order valence-corrected chi connectivity index (χ4v) is 5.52. The molecule has 2 unspecified atom stereocenters. The summed E-state index contributed by atoms with van der Waals surface area (Å²) in [4.78, 5) is 26.8. The smallest absolute Gasteiger partial charge is 0.414 e. The minimum Gasteiger partial charge on any atom is -0.442 e. The molecule has 0 radical (unpaired) electrons. The van der Waals surface area contributed by atoms with Crippen LogP contribution >= 0.6 is 11.8 Å². The van der Waals surface area contributed by atoms with Crippen molar-refractivity contribution in [2.24, 2.45) is 11.8 Å². The first-order valence-corrected chi connectivity index (χ1v) is 11.0. The lowest BCUT2D eigenvalue weighted by molar-refractivity contribution is -0.119. The van der Waals surface area contributed by atoms with E-state index < -0.39 is 12.2 Å². The van der Waals surface area contributed by atoms with Crippen molar-refractivity contribution in [3.05, 3.63) is 24.0 Å². The van der Waals surface area contributed by atoms with Crippen molar-refractivity contribution in [2.75, 3.05) is 47.5 Å². The van der Waals surface area contributed by atoms with Crippen molar-refractivity contribution in [2.45, 2.75) is 25.9 Å². The molecule has 3 fully saturated rings. The lowest BCUT2D eigenvalue weighted by Crippen LogP contribution is -2.33. The average Bonchev–Trinajstić information content (AvgIpc) is 3.16. The molecule has 2 amide bonds. The van der Waals surface area contributed by atoms with Gasteiger partial charge < -0.3 is 15.0 Å². The van der Waals surface area contributed by atoms with Crippen molar-refractivity contribution < 1.29 is 18.7 Å². The number of benzene rings is 1. The van der Waals surface area contributed by atoms with Crippen LogP contribution in [0, 0.1) is 17.7 Å². The van der Waals surface area contributed by atoms with Gasteiger partial charge in [0.15, 0.2) is 0 Å². The Balaban J connectivity index is 1.43. The van der Waals surface area contributed by atoms with Crippen LogP contribution in [-0.2, 0) is 9.53 Å². The molecule has 1 N–H and O–H groups in total. The molecule has 0 aromatic heterocycles. The van der Waals surface area contributed by atoms with Crippen molar-refractivity contribution in [3.63, 3.8) is 0 Å². The average molecular weight is 408 g/mol. The SMILES string of the molecule is CC(=O)NC[C@H]1CN(c2ccc(N3CC4CCSCCC4C3)c(F)c2)C(=O)O1. The van der Waals surface area contributed by atoms with Crippen LogP contribution < -0.4 is 15.1 Å². The third-order valence-corrected chi connectivity index (χ3v) is 6.93. The van der Waals surface area contributed by atoms with Gasteiger partial charge in [-0.2, -0.15) is 11.8 Å². The molecule has 6 nitrogen and oxygen atoms in total. The number of nitrogens with one attached hydrogen (secondary N) is 1. The van der Waals surface area contributed by atoms with Gasteiger partial charge in [0.25, 0.3) is 0 Å². The van der Waals surface area contributed by atoms with Crippen LogP contribution in [0.2, 0.25) is 0 Å². The number of carbonyl (C=O) groups is 2. The standard InChI is InChI=1S/C20H26FN3O3S/c1-13(25)22-9-17-12-24(20(26)27-17)16-2-3-19(18(21)8-16)23-10-14-4-6-28-7-5-15(14)11-23/h2-3,8,14-15,17H,4-7,9-12H2,1H3,(H,22,25)/t14?,15?,17-/m0/s1. The van der Waals surface area contributed by atoms with E-state index in [1.807, 2.05) is 11.8 Å². The van der Waals surface area contributed by atoms with E-state index in [4.69, 9.17) is 4.74 Å². The van der Waals surface area contributed by atoms with Crippen LogP contribution in [0.3, 0.4) is 0 Å². The van der Waals surface area contributed by atoms with Crippen LogP contribution in [0.5, 0.6) is 0 Å². The van der Waals surface area contributed by atoms with E-state index in [-0.39, 0.29) is 18.3 Å². The van der Waals surface area contributed by atoms with Gasteiger partial charge in [0.05, 0.1) is 24.5 Å². The maximum Gasteiger partial charge on any atom is 0.414 e. The van der Waals surface area contributed by atoms with Crippen molar-refractivity contribution in [1.29, 1.82) is 0 Å². The van der Waals surface area contributed by atoms with E-state index in [0.29, 0.717) is 29.8 Å². The summed E-state index contributed by atoms with van der Waals surface area (Å²) in [6, 6.07) is 4.98. The number of thioether (sulfide) groups is 1. The van der Waals surface area contributed by atoms with Gasteiger partial charge in [-0.05, 0) is 54.4 Å². The van der Waals surface area contributed by atoms with Crippen molar-refractivity contribution in [3.8, 4) is 0 Å². The van der Waals surface area contributed by atoms with Gasteiger partial charge in [0.2, 0.25) is 5.91 Å². The fraction of sp³-hybridized carbons (Fsp3) is 0.600. The Kier molecular flexibility index (Phi) is 5.66. The highest BCUT2D eigenvalue weighted by Crippen LogP contribution is 2.38. The molecule has 8 heteroatoms. The van der Waals surface area contributed by atoms with Crippen molar-refractivity contribution in [1.82, 2.24) is 5.32 Å². The first-order valence-electron chi connectivity index (χ1n) is 9.86. The number of hydrogen-bond donors (Lipinski definition) is 1. The van der Waals surface area contributed by atoms with Gasteiger partial charge in [-0.3, -0.25) is 9.69 Å². The van der Waals surface area contributed by atoms with Crippen LogP contribution in [0.15, 0.2) is 18.2 Å². The Labute approximate surface area is 168 Å². The number of halogens is 1. The number of ether oxygens (including phenoxy) is 1. The molecular formula is C20H26FN3O3S. The third kappa shape index (κ3) is 4.06. The molecule has 3 aliphatic rings. The minimum absolute atomic E-state index is 0.176. The lowest BCUT2D eigenvalue weighted by atomic mass is 9.92. The number of nitrogens with zero attached hydrogens (tertiary/aromatic N) is 2. The van der Waals surface area contributed by atoms with E-state index in [0.717, 1.165) is 13.1 Å². The van der Waals surface area contributed by atoms with E-state index in [1.54, 1.807) is 12.1 Å². The zero-order valence-electron chi connectivity index (χ0n) is 16.0. The number of cyclic esters (lactones) is 1. The normalized spacial score (nSPS) is 27.4. The highest BCUT2D eigenvalue weighted by molar-refractivity contribution is 7.99. The zero-order chi connectivity index (χ0) is 19.7. The first kappa shape index (κ1) is 19.4. The zero-order valence-corrected chi connectivity index (χ0v) is 16.8. The molecule has 0 aliphatic carbocycles. The van der Waals surface area contributed by atoms with E-state index in [1.165, 1.54) is 42.2 Å². The summed E-state index contributed by atoms with van der Waals surface area (Å²) in [5.41, 5.74) is 1.10. The molecule has 0 bridgehead atoms. The molecule has 152 valence electrons. The molecule has 3 aliphatic heterocycles. The summed E-state index contributed by atoms with van der Waals surface area (Å²) >= 11 is 2.03. The summed E-state index contributed by atoms with van der Waals surface area (Å²) in [5, 5.41) is 2.64. The maximum atomic E-state index is 14.9. The topological polar surface area (TPSA) is 61.9 Å². The molecule has 28 heavy (non-hydrogen) atoms. The number of hydrogen-bond acceptors (Lipinski definition) is 5. The molecule has 4 rings (SSSR count). The minimum atomic E-state index is -0.511. The summed E-state index contributed by atoms with van der Waals surface area (Å²) in [6.45, 7) is 3.78. The monoisotopic (exact) mass is 407 g/mol. The van der Waals surface area contributed by atoms with Gasteiger partial charge in [0.1, 0.15) is 11.9 Å². The Morgan fingerprint density at radius 1 is 1.25 bits per heavy atom. The van der Waals surface area contributed by atoms with Crippen LogP contribution in [0.1, 0.15) is 19.8 Å². The van der Waals surface area contributed by atoms with Gasteiger partial charge >= 0.3 is 6.09 Å². The highest BCUT2D eigenvalue weighted by Gasteiger charge is 2.36. The molecule has 3 saturated heterocycles. The molecule has 0 spiro atoms. The van der Waals surface area contributed by atoms with Gasteiger partial charge in [0, 0.05) is 20.0 Å². The lowest BCUT2D eigenvalue weighted by Gasteiger charge is -2.21. The highest BCUT2D eigenvalue weighted by atomic mass is 32.2. The Morgan fingerprint density at radius 3 is 2.61 bits per heavy atom. The second-order valence-electron chi connectivity index (χ2n) is 7.80. The molecular weight excluding hydrogens is 381 g/mol. The number of carbonyl (C=O) groups excluding carboxylic acids is 2. The Bertz CT molecular complexity index is 748. The Hall–Kier alpha value is -1.96. The number of fused-ring (bicyclic) bond motifs is 1. The molecule has 0 saturated carbocycles. The predicted octanol–water partition coefficient (Wildman–Crippen LogP) is 2.87. The second kappa shape index (κ2) is 8.19. The first-order chi connectivity index (χ1) is 13.5. The second-order valence-corrected chi connectivity index (χ2v) is 9.03. The number of amides is 2. The summed E-state index contributed by atoms with van der Waals surface area (Å²) in [7, 11) is 0. The van der Waals surface area contributed by atoms with Crippen LogP contribution in [0.4, 0.5) is 20.6 Å². The summed E-state index contributed by atoms with van der Waals surface area (Å²) in [6.07, 6.45) is 1.48. The van der Waals surface area contributed by atoms with Gasteiger partial charge in [-0.25, -0.2) is 9.18 Å². The molecule has 1 aromatic carbocycles. The van der Waals surface area contributed by atoms with E-state index in [2.05, 4.69) is 10.2 Å². The van der Waals surface area contributed by atoms with E-state index >= 15 is 0 Å². The fourth-order valence-electron chi connectivity index (χ4n) is 4.38. The van der Waals surface area contributed by atoms with Gasteiger partial charge in [-0.1, -0.05) is 0 Å². The summed E-state index contributed by atoms with van der Waals surface area (Å²) < 4.78 is 20.2. The maximum absolute atomic E-state index is 14.9. The number of anilines is 2. The quantitative estimate of drug-likeness (QED) is 0.832. The van der Waals surface area contributed by atoms with Crippen molar-refractivity contribution >= 4 is 35.1 Å². The van der Waals surface area contributed by atoms with Crippen LogP contribution in [-0.4, -0.2) is 55.8 Å². The third-order valence-electron chi connectivity index (χ3n) is 5.88. The molecule has 3 heterocycles. The Morgan fingerprint density at radius 2 is 1.96 bits per heavy atom. The number of rotatable bonds is 4. The summed E-state index contributed by atoms with van der Waals surface area (Å²) in [5.74, 6) is 3.22.